The zero-order valence-corrected chi connectivity index (χ0v) is 24.8. The summed E-state index contributed by atoms with van der Waals surface area (Å²) < 4.78 is 41.1. The number of rotatable bonds is 5. The Bertz CT molecular complexity index is 1770. The standard InChI is InChI=1S/C33H36F3N5O3/c1-19(2)24-13-21-7-8-23(32(44)41(18-33(34,35)36)17-27(21)26-16-37-39-30(24)26)15-29(42)40-11-9-20(10-12-40)25-14-22-5-3-4-6-28(22)38-31(25)43/h3-6,13-14,16,19-20,23H,7-12,15,17-18H2,1-2H3,(H,37,39)(H,38,43)/t23-/m0/s1. The SMILES string of the molecule is CC(C)c1cc2c(c3cn[nH]c13)CN(CC(F)(F)F)C(=O)[C@H](CC(=O)N1CCC(c3cc4ccccc4[nH]c3=O)CC1)CC2. The van der Waals surface area contributed by atoms with Crippen molar-refractivity contribution >= 4 is 33.6 Å². The Morgan fingerprint density at radius 3 is 2.57 bits per heavy atom. The average molecular weight is 608 g/mol. The topological polar surface area (TPSA) is 102 Å². The summed E-state index contributed by atoms with van der Waals surface area (Å²) in [6, 6.07) is 11.5. The normalized spacial score (nSPS) is 18.6. The number of aromatic amines is 2. The van der Waals surface area contributed by atoms with Crippen molar-refractivity contribution in [3.8, 4) is 0 Å². The van der Waals surface area contributed by atoms with Crippen LogP contribution in [0.2, 0.25) is 0 Å². The molecule has 0 unspecified atom stereocenters. The van der Waals surface area contributed by atoms with E-state index in [9.17, 15) is 27.6 Å². The summed E-state index contributed by atoms with van der Waals surface area (Å²) >= 11 is 0. The van der Waals surface area contributed by atoms with Gasteiger partial charge in [0.1, 0.15) is 6.54 Å². The molecule has 8 nitrogen and oxygen atoms in total. The van der Waals surface area contributed by atoms with E-state index in [4.69, 9.17) is 0 Å². The molecular formula is C33H36F3N5O3. The van der Waals surface area contributed by atoms with Gasteiger partial charge in [-0.1, -0.05) is 38.1 Å². The Morgan fingerprint density at radius 1 is 1.09 bits per heavy atom. The van der Waals surface area contributed by atoms with Crippen LogP contribution in [0.15, 0.2) is 47.4 Å². The predicted molar refractivity (Wildman–Crippen MR) is 161 cm³/mol. The molecule has 0 spiro atoms. The number of piperidine rings is 1. The first-order valence-electron chi connectivity index (χ1n) is 15.2. The monoisotopic (exact) mass is 607 g/mol. The minimum absolute atomic E-state index is 0.0101. The number of hydrogen-bond acceptors (Lipinski definition) is 4. The van der Waals surface area contributed by atoms with Gasteiger partial charge >= 0.3 is 6.18 Å². The molecule has 0 saturated carbocycles. The van der Waals surface area contributed by atoms with Crippen LogP contribution >= 0.6 is 0 Å². The summed E-state index contributed by atoms with van der Waals surface area (Å²) in [4.78, 5) is 45.4. The van der Waals surface area contributed by atoms with E-state index in [-0.39, 0.29) is 42.7 Å². The van der Waals surface area contributed by atoms with Crippen molar-refractivity contribution in [2.24, 2.45) is 5.92 Å². The molecule has 1 atom stereocenters. The Morgan fingerprint density at radius 2 is 1.84 bits per heavy atom. The highest BCUT2D eigenvalue weighted by Crippen LogP contribution is 2.35. The van der Waals surface area contributed by atoms with Crippen molar-refractivity contribution in [1.29, 1.82) is 0 Å². The van der Waals surface area contributed by atoms with Gasteiger partial charge in [0, 0.05) is 48.4 Å². The number of pyridine rings is 1. The van der Waals surface area contributed by atoms with Gasteiger partial charge in [-0.25, -0.2) is 0 Å². The number of halogens is 3. The average Bonchev–Trinajstić information content (AvgIpc) is 3.47. The molecule has 2 aliphatic heterocycles. The van der Waals surface area contributed by atoms with Gasteiger partial charge in [0.25, 0.3) is 5.56 Å². The van der Waals surface area contributed by atoms with Crippen molar-refractivity contribution in [3.05, 3.63) is 75.2 Å². The second kappa shape index (κ2) is 11.7. The zero-order valence-electron chi connectivity index (χ0n) is 24.8. The van der Waals surface area contributed by atoms with E-state index < -0.39 is 24.5 Å². The van der Waals surface area contributed by atoms with Crippen LogP contribution in [0, 0.1) is 5.92 Å². The smallest absolute Gasteiger partial charge is 0.343 e. The molecule has 44 heavy (non-hydrogen) atoms. The molecule has 2 aromatic carbocycles. The quantitative estimate of drug-likeness (QED) is 0.301. The summed E-state index contributed by atoms with van der Waals surface area (Å²) in [7, 11) is 0. The first-order chi connectivity index (χ1) is 21.0. The molecule has 2 aromatic heterocycles. The summed E-state index contributed by atoms with van der Waals surface area (Å²) in [6.45, 7) is 3.35. The highest BCUT2D eigenvalue weighted by molar-refractivity contribution is 5.89. The third-order valence-electron chi connectivity index (χ3n) is 9.23. The third kappa shape index (κ3) is 5.96. The molecule has 6 rings (SSSR count). The van der Waals surface area contributed by atoms with Crippen LogP contribution in [0.5, 0.6) is 0 Å². The highest BCUT2D eigenvalue weighted by atomic mass is 19.4. The second-order valence-corrected chi connectivity index (χ2v) is 12.5. The van der Waals surface area contributed by atoms with Gasteiger partial charge in [-0.05, 0) is 71.7 Å². The number of carbonyl (C=O) groups is 2. The number of amides is 2. The van der Waals surface area contributed by atoms with E-state index in [1.54, 1.807) is 11.1 Å². The molecular weight excluding hydrogens is 571 g/mol. The number of aromatic nitrogens is 3. The summed E-state index contributed by atoms with van der Waals surface area (Å²) in [5.74, 6) is -1.60. The first-order valence-corrected chi connectivity index (χ1v) is 15.2. The minimum atomic E-state index is -4.58. The number of fused-ring (bicyclic) bond motifs is 4. The zero-order chi connectivity index (χ0) is 31.2. The van der Waals surface area contributed by atoms with E-state index in [1.165, 1.54) is 0 Å². The lowest BCUT2D eigenvalue weighted by molar-refractivity contribution is -0.166. The molecule has 1 fully saturated rings. The fourth-order valence-electron chi connectivity index (χ4n) is 6.89. The van der Waals surface area contributed by atoms with Crippen molar-refractivity contribution < 1.29 is 22.8 Å². The molecule has 11 heteroatoms. The molecule has 0 radical (unpaired) electrons. The van der Waals surface area contributed by atoms with Gasteiger partial charge in [0.05, 0.1) is 11.7 Å². The van der Waals surface area contributed by atoms with Gasteiger partial charge in [-0.2, -0.15) is 18.3 Å². The Kier molecular flexibility index (Phi) is 7.98. The molecule has 232 valence electrons. The van der Waals surface area contributed by atoms with Gasteiger partial charge in [-0.3, -0.25) is 19.5 Å². The predicted octanol–water partition coefficient (Wildman–Crippen LogP) is 5.78. The van der Waals surface area contributed by atoms with Crippen LogP contribution in [0.25, 0.3) is 21.8 Å². The number of likely N-dealkylation sites (tertiary alicyclic amines) is 1. The maximum atomic E-state index is 13.7. The van der Waals surface area contributed by atoms with E-state index in [2.05, 4.69) is 15.2 Å². The van der Waals surface area contributed by atoms with Crippen LogP contribution in [0.4, 0.5) is 13.2 Å². The number of para-hydroxylation sites is 1. The number of nitrogens with zero attached hydrogens (tertiary/aromatic N) is 3. The number of hydrogen-bond donors (Lipinski definition) is 2. The van der Waals surface area contributed by atoms with Gasteiger partial charge in [0.2, 0.25) is 11.8 Å². The van der Waals surface area contributed by atoms with E-state index >= 15 is 0 Å². The van der Waals surface area contributed by atoms with Crippen LogP contribution in [-0.2, 0) is 22.6 Å². The molecule has 4 aromatic rings. The van der Waals surface area contributed by atoms with Crippen molar-refractivity contribution in [2.45, 2.75) is 70.5 Å². The molecule has 1 saturated heterocycles. The van der Waals surface area contributed by atoms with Crippen LogP contribution < -0.4 is 5.56 Å². The number of benzene rings is 2. The van der Waals surface area contributed by atoms with Gasteiger partial charge in [0.15, 0.2) is 0 Å². The third-order valence-corrected chi connectivity index (χ3v) is 9.23. The highest BCUT2D eigenvalue weighted by Gasteiger charge is 2.38. The lowest BCUT2D eigenvalue weighted by Gasteiger charge is -2.35. The van der Waals surface area contributed by atoms with Gasteiger partial charge < -0.3 is 14.8 Å². The van der Waals surface area contributed by atoms with Gasteiger partial charge in [-0.15, -0.1) is 0 Å². The number of H-pyrrole nitrogens is 2. The maximum absolute atomic E-state index is 13.7. The molecule has 2 N–H and O–H groups in total. The molecule has 4 heterocycles. The summed E-state index contributed by atoms with van der Waals surface area (Å²) in [5, 5.41) is 8.81. The minimum Gasteiger partial charge on any atom is -0.343 e. The maximum Gasteiger partial charge on any atom is 0.406 e. The fraction of sp³-hybridized carbons (Fsp3) is 0.455. The van der Waals surface area contributed by atoms with Crippen molar-refractivity contribution in [3.63, 3.8) is 0 Å². The second-order valence-electron chi connectivity index (χ2n) is 12.5. The van der Waals surface area contributed by atoms with E-state index in [0.717, 1.165) is 37.8 Å². The van der Waals surface area contributed by atoms with Crippen LogP contribution in [-0.4, -0.2) is 62.6 Å². The lowest BCUT2D eigenvalue weighted by atomic mass is 9.86. The number of nitrogens with one attached hydrogen (secondary N) is 2. The summed E-state index contributed by atoms with van der Waals surface area (Å²) in [6.07, 6.45) is -1.17. The largest absolute Gasteiger partial charge is 0.406 e. The Labute approximate surface area is 252 Å². The molecule has 2 amide bonds. The Hall–Kier alpha value is -4.15. The summed E-state index contributed by atoms with van der Waals surface area (Å²) in [5.41, 5.74) is 4.69. The van der Waals surface area contributed by atoms with E-state index in [1.807, 2.05) is 50.2 Å². The number of carbonyl (C=O) groups excluding carboxylic acids is 2. The first kappa shape index (κ1) is 29.9. The van der Waals surface area contributed by atoms with Crippen molar-refractivity contribution in [2.75, 3.05) is 19.6 Å². The molecule has 2 aliphatic rings. The van der Waals surface area contributed by atoms with E-state index in [0.29, 0.717) is 43.5 Å². The molecule has 0 aliphatic carbocycles. The fourth-order valence-corrected chi connectivity index (χ4v) is 6.89. The number of alkyl halides is 3. The molecule has 0 bridgehead atoms. The van der Waals surface area contributed by atoms with Crippen LogP contribution in [0.1, 0.15) is 73.6 Å². The Balaban J connectivity index is 1.20. The van der Waals surface area contributed by atoms with Crippen molar-refractivity contribution in [1.82, 2.24) is 25.0 Å². The van der Waals surface area contributed by atoms with Crippen LogP contribution in [0.3, 0.4) is 0 Å². The number of aryl methyl sites for hydroxylation is 1. The lowest BCUT2D eigenvalue weighted by Crippen LogP contribution is -2.45.